The van der Waals surface area contributed by atoms with Crippen molar-refractivity contribution in [1.82, 2.24) is 5.43 Å². The van der Waals surface area contributed by atoms with E-state index in [4.69, 9.17) is 10.6 Å². The molecule has 3 nitrogen and oxygen atoms in total. The highest BCUT2D eigenvalue weighted by molar-refractivity contribution is 9.11. The first-order valence-electron chi connectivity index (χ1n) is 3.47. The molecule has 0 bridgehead atoms. The highest BCUT2D eigenvalue weighted by Crippen LogP contribution is 2.24. The molecular weight excluding hydrogens is 240 g/mol. The van der Waals surface area contributed by atoms with E-state index in [0.717, 1.165) is 9.35 Å². The molecule has 0 saturated carbocycles. The van der Waals surface area contributed by atoms with Crippen molar-refractivity contribution in [1.29, 1.82) is 0 Å². The van der Waals surface area contributed by atoms with Crippen molar-refractivity contribution in [3.05, 3.63) is 20.8 Å². The first kappa shape index (κ1) is 10.1. The van der Waals surface area contributed by atoms with E-state index in [1.807, 2.05) is 11.4 Å². The van der Waals surface area contributed by atoms with Crippen molar-refractivity contribution in [3.8, 4) is 0 Å². The molecule has 12 heavy (non-hydrogen) atoms. The molecule has 1 rings (SSSR count). The van der Waals surface area contributed by atoms with Gasteiger partial charge in [0.15, 0.2) is 0 Å². The van der Waals surface area contributed by atoms with Crippen LogP contribution in [-0.2, 0) is 4.74 Å². The highest BCUT2D eigenvalue weighted by atomic mass is 79.9. The number of nitrogens with two attached hydrogens (primary N) is 1. The Morgan fingerprint density at radius 1 is 1.83 bits per heavy atom. The number of halogens is 1. The quantitative estimate of drug-likeness (QED) is 0.632. The molecule has 0 fully saturated rings. The largest absolute Gasteiger partial charge is 0.383 e. The second kappa shape index (κ2) is 4.94. The summed E-state index contributed by atoms with van der Waals surface area (Å²) in [7, 11) is 1.66. The zero-order chi connectivity index (χ0) is 8.97. The van der Waals surface area contributed by atoms with Gasteiger partial charge in [0.1, 0.15) is 0 Å². The fraction of sp³-hybridized carbons (Fsp3) is 0.429. The van der Waals surface area contributed by atoms with E-state index in [0.29, 0.717) is 6.61 Å². The Morgan fingerprint density at radius 3 is 3.00 bits per heavy atom. The zero-order valence-corrected chi connectivity index (χ0v) is 9.11. The summed E-state index contributed by atoms with van der Waals surface area (Å²) in [5, 5.41) is 2.05. The van der Waals surface area contributed by atoms with E-state index < -0.39 is 0 Å². The molecule has 3 N–H and O–H groups in total. The number of methoxy groups -OCH3 is 1. The van der Waals surface area contributed by atoms with Crippen LogP contribution in [0, 0.1) is 0 Å². The minimum absolute atomic E-state index is 0.0811. The van der Waals surface area contributed by atoms with Gasteiger partial charge in [-0.1, -0.05) is 0 Å². The second-order valence-corrected chi connectivity index (χ2v) is 4.65. The van der Waals surface area contributed by atoms with E-state index in [1.54, 1.807) is 18.4 Å². The van der Waals surface area contributed by atoms with Crippen LogP contribution in [0.4, 0.5) is 0 Å². The van der Waals surface area contributed by atoms with E-state index in [-0.39, 0.29) is 6.04 Å². The number of hydrogen-bond acceptors (Lipinski definition) is 4. The Hall–Kier alpha value is 0.0600. The molecule has 1 aromatic rings. The molecule has 1 heterocycles. The minimum Gasteiger partial charge on any atom is -0.383 e. The summed E-state index contributed by atoms with van der Waals surface area (Å²) in [6.07, 6.45) is 0. The van der Waals surface area contributed by atoms with Gasteiger partial charge in [-0.2, -0.15) is 0 Å². The van der Waals surface area contributed by atoms with Gasteiger partial charge in [-0.25, -0.2) is 0 Å². The van der Waals surface area contributed by atoms with Crippen LogP contribution in [0.2, 0.25) is 0 Å². The standard InChI is InChI=1S/C7H11BrN2OS/c1-11-3-6(10-9)5-2-7(8)12-4-5/h2,4,6,10H,3,9H2,1H3. The number of nitrogens with one attached hydrogen (secondary N) is 1. The van der Waals surface area contributed by atoms with Gasteiger partial charge in [-0.15, -0.1) is 11.3 Å². The summed E-state index contributed by atoms with van der Waals surface area (Å²) in [5.41, 5.74) is 3.84. The molecule has 1 aromatic heterocycles. The summed E-state index contributed by atoms with van der Waals surface area (Å²) in [6.45, 7) is 0.583. The Labute approximate surface area is 84.0 Å². The third-order valence-corrected chi connectivity index (χ3v) is 3.05. The third-order valence-electron chi connectivity index (χ3n) is 1.52. The molecule has 0 aliphatic carbocycles. The molecule has 68 valence electrons. The van der Waals surface area contributed by atoms with Gasteiger partial charge in [0.25, 0.3) is 0 Å². The van der Waals surface area contributed by atoms with E-state index in [1.165, 1.54) is 0 Å². The van der Waals surface area contributed by atoms with Crippen LogP contribution in [0.25, 0.3) is 0 Å². The van der Waals surface area contributed by atoms with Crippen molar-refractivity contribution in [3.63, 3.8) is 0 Å². The Balaban J connectivity index is 2.66. The molecule has 0 radical (unpaired) electrons. The minimum atomic E-state index is 0.0811. The van der Waals surface area contributed by atoms with Crippen molar-refractivity contribution in [2.45, 2.75) is 6.04 Å². The van der Waals surface area contributed by atoms with Gasteiger partial charge < -0.3 is 4.74 Å². The lowest BCUT2D eigenvalue weighted by atomic mass is 10.2. The van der Waals surface area contributed by atoms with Crippen LogP contribution < -0.4 is 11.3 Å². The highest BCUT2D eigenvalue weighted by Gasteiger charge is 2.10. The number of hydrazine groups is 1. The third kappa shape index (κ3) is 2.53. The SMILES string of the molecule is COCC(NN)c1csc(Br)c1. The van der Waals surface area contributed by atoms with Crippen LogP contribution in [-0.4, -0.2) is 13.7 Å². The lowest BCUT2D eigenvalue weighted by Crippen LogP contribution is -2.30. The predicted octanol–water partition coefficient (Wildman–Crippen LogP) is 1.66. The predicted molar refractivity (Wildman–Crippen MR) is 54.0 cm³/mol. The molecular formula is C7H11BrN2OS. The van der Waals surface area contributed by atoms with Gasteiger partial charge in [0.2, 0.25) is 0 Å². The van der Waals surface area contributed by atoms with Crippen molar-refractivity contribution in [2.75, 3.05) is 13.7 Å². The Bertz CT molecular complexity index is 241. The van der Waals surface area contributed by atoms with Gasteiger partial charge in [-0.3, -0.25) is 11.3 Å². The maximum Gasteiger partial charge on any atom is 0.0702 e. The molecule has 0 aliphatic rings. The first-order chi connectivity index (χ1) is 5.77. The second-order valence-electron chi connectivity index (χ2n) is 2.36. The topological polar surface area (TPSA) is 47.3 Å². The van der Waals surface area contributed by atoms with Crippen molar-refractivity contribution in [2.24, 2.45) is 5.84 Å². The Kier molecular flexibility index (Phi) is 4.17. The van der Waals surface area contributed by atoms with Crippen LogP contribution in [0.1, 0.15) is 11.6 Å². The smallest absolute Gasteiger partial charge is 0.0702 e. The van der Waals surface area contributed by atoms with Crippen molar-refractivity contribution < 1.29 is 4.74 Å². The molecule has 0 amide bonds. The lowest BCUT2D eigenvalue weighted by molar-refractivity contribution is 0.167. The summed E-state index contributed by atoms with van der Waals surface area (Å²) in [5.74, 6) is 5.36. The lowest BCUT2D eigenvalue weighted by Gasteiger charge is -2.12. The van der Waals surface area contributed by atoms with E-state index >= 15 is 0 Å². The molecule has 1 unspecified atom stereocenters. The van der Waals surface area contributed by atoms with E-state index in [2.05, 4.69) is 21.4 Å². The van der Waals surface area contributed by atoms with E-state index in [9.17, 15) is 0 Å². The molecule has 1 atom stereocenters. The van der Waals surface area contributed by atoms with Gasteiger partial charge in [0.05, 0.1) is 16.4 Å². The van der Waals surface area contributed by atoms with Gasteiger partial charge in [-0.05, 0) is 32.9 Å². The number of ether oxygens (including phenoxy) is 1. The van der Waals surface area contributed by atoms with Crippen molar-refractivity contribution >= 4 is 27.3 Å². The number of rotatable bonds is 4. The average molecular weight is 251 g/mol. The van der Waals surface area contributed by atoms with Crippen LogP contribution in [0.3, 0.4) is 0 Å². The monoisotopic (exact) mass is 250 g/mol. The molecule has 0 saturated heterocycles. The van der Waals surface area contributed by atoms with Gasteiger partial charge >= 0.3 is 0 Å². The number of hydrogen-bond donors (Lipinski definition) is 2. The fourth-order valence-electron chi connectivity index (χ4n) is 0.913. The zero-order valence-electron chi connectivity index (χ0n) is 6.71. The summed E-state index contributed by atoms with van der Waals surface area (Å²) in [4.78, 5) is 0. The summed E-state index contributed by atoms with van der Waals surface area (Å²) < 4.78 is 6.11. The summed E-state index contributed by atoms with van der Waals surface area (Å²) in [6, 6.07) is 2.12. The van der Waals surface area contributed by atoms with Crippen LogP contribution in [0.15, 0.2) is 15.2 Å². The first-order valence-corrected chi connectivity index (χ1v) is 5.14. The molecule has 0 aliphatic heterocycles. The maximum atomic E-state index is 5.36. The molecule has 0 spiro atoms. The molecule has 5 heteroatoms. The molecule has 0 aromatic carbocycles. The maximum absolute atomic E-state index is 5.36. The fourth-order valence-corrected chi connectivity index (χ4v) is 2.14. The van der Waals surface area contributed by atoms with Crippen LogP contribution in [0.5, 0.6) is 0 Å². The van der Waals surface area contributed by atoms with Gasteiger partial charge in [0, 0.05) is 7.11 Å². The number of thiophene rings is 1. The normalized spacial score (nSPS) is 13.2. The summed E-state index contributed by atoms with van der Waals surface area (Å²) >= 11 is 5.03. The van der Waals surface area contributed by atoms with Crippen LogP contribution >= 0.6 is 27.3 Å². The Morgan fingerprint density at radius 2 is 2.58 bits per heavy atom. The average Bonchev–Trinajstić information content (AvgIpc) is 2.47.